The van der Waals surface area contributed by atoms with Crippen molar-refractivity contribution in [3.05, 3.63) is 60.8 Å². The minimum Gasteiger partial charge on any atom is -0.462 e. The highest BCUT2D eigenvalue weighted by atomic mass is 31.2. The molecule has 9 nitrogen and oxygen atoms in total. The summed E-state index contributed by atoms with van der Waals surface area (Å²) in [6.07, 6.45) is 101. The number of phosphoric ester groups is 1. The fourth-order valence-electron chi connectivity index (χ4n) is 12.1. The predicted molar refractivity (Wildman–Crippen MR) is 395 cm³/mol. The first-order valence-corrected chi connectivity index (χ1v) is 41.3. The molecule has 10 heteroatoms. The van der Waals surface area contributed by atoms with Gasteiger partial charge in [-0.25, -0.2) is 4.57 Å². The van der Waals surface area contributed by atoms with E-state index in [9.17, 15) is 19.0 Å². The summed E-state index contributed by atoms with van der Waals surface area (Å²) >= 11 is 0. The van der Waals surface area contributed by atoms with Crippen LogP contribution in [0, 0.1) is 0 Å². The van der Waals surface area contributed by atoms with Crippen molar-refractivity contribution >= 4 is 19.8 Å². The Bertz CT molecular complexity index is 1680. The maximum atomic E-state index is 12.8. The molecule has 0 spiro atoms. The first kappa shape index (κ1) is 88.7. The molecular formula is C81H152NO8P. The Morgan fingerprint density at radius 2 is 0.604 bits per heavy atom. The second-order valence-corrected chi connectivity index (χ2v) is 28.4. The van der Waals surface area contributed by atoms with Crippen LogP contribution in [0.2, 0.25) is 0 Å². The zero-order valence-corrected chi connectivity index (χ0v) is 61.2. The zero-order valence-electron chi connectivity index (χ0n) is 60.3. The minimum atomic E-state index is -4.39. The van der Waals surface area contributed by atoms with Gasteiger partial charge in [-0.1, -0.05) is 402 Å². The quantitative estimate of drug-likeness (QED) is 0.0264. The smallest absolute Gasteiger partial charge is 0.462 e. The van der Waals surface area contributed by atoms with Crippen LogP contribution < -0.4 is 5.73 Å². The monoisotopic (exact) mass is 1300 g/mol. The number of hydrogen-bond donors (Lipinski definition) is 2. The van der Waals surface area contributed by atoms with Crippen molar-refractivity contribution in [1.82, 2.24) is 0 Å². The van der Waals surface area contributed by atoms with Gasteiger partial charge in [0.15, 0.2) is 6.10 Å². The number of carbonyl (C=O) groups excluding carboxylic acids is 2. The number of nitrogens with two attached hydrogens (primary N) is 1. The number of hydrogen-bond acceptors (Lipinski definition) is 8. The van der Waals surface area contributed by atoms with Gasteiger partial charge in [-0.2, -0.15) is 0 Å². The van der Waals surface area contributed by atoms with Gasteiger partial charge in [0.1, 0.15) is 6.61 Å². The standard InChI is InChI=1S/C81H152NO8P/c1-3-5-7-9-11-13-15-17-19-21-23-25-27-29-31-33-35-37-38-39-40-42-44-46-48-50-52-54-56-58-60-62-64-66-68-70-72-74-81(84)90-79(78-89-91(85,86)88-76-75-82)77-87-80(83)73-71-69-67-65-63-61-59-57-55-53-51-49-47-45-43-41-36-34-32-30-28-26-24-22-20-18-16-14-12-10-8-6-4-2/h5,7,11,13,17,19,23,25,29,31,79H,3-4,6,8-10,12,14-16,18,20-22,24,26-28,30,32-78,82H2,1-2H3,(H,85,86)/b7-5-,13-11-,19-17-,25-23-,31-29-. The predicted octanol–water partition coefficient (Wildman–Crippen LogP) is 26.5. The molecule has 0 aliphatic heterocycles. The third-order valence-corrected chi connectivity index (χ3v) is 18.9. The Hall–Kier alpha value is -2.29. The van der Waals surface area contributed by atoms with Crippen LogP contribution in [-0.2, 0) is 32.7 Å². The van der Waals surface area contributed by atoms with E-state index in [1.807, 2.05) is 0 Å². The first-order chi connectivity index (χ1) is 44.8. The van der Waals surface area contributed by atoms with Crippen LogP contribution in [0.25, 0.3) is 0 Å². The highest BCUT2D eigenvalue weighted by Gasteiger charge is 2.26. The Labute approximate surface area is 565 Å². The van der Waals surface area contributed by atoms with Gasteiger partial charge in [0.25, 0.3) is 0 Å². The zero-order chi connectivity index (χ0) is 65.8. The Balaban J connectivity index is 3.76. The van der Waals surface area contributed by atoms with E-state index in [-0.39, 0.29) is 38.6 Å². The number of ether oxygens (including phenoxy) is 2. The molecule has 0 aliphatic carbocycles. The third kappa shape index (κ3) is 76.6. The number of unbranched alkanes of at least 4 members (excludes halogenated alkanes) is 53. The summed E-state index contributed by atoms with van der Waals surface area (Å²) in [4.78, 5) is 35.5. The molecule has 0 fully saturated rings. The van der Waals surface area contributed by atoms with Gasteiger partial charge in [-0.05, 0) is 57.8 Å². The fourth-order valence-corrected chi connectivity index (χ4v) is 12.8. The number of allylic oxidation sites excluding steroid dienone is 10. The number of phosphoric acid groups is 1. The molecule has 0 aromatic carbocycles. The summed E-state index contributed by atoms with van der Waals surface area (Å²) < 4.78 is 33.3. The summed E-state index contributed by atoms with van der Waals surface area (Å²) in [6, 6.07) is 0. The molecule has 0 amide bonds. The van der Waals surface area contributed by atoms with E-state index in [0.29, 0.717) is 6.42 Å². The fraction of sp³-hybridized carbons (Fsp3) is 0.852. The topological polar surface area (TPSA) is 134 Å². The van der Waals surface area contributed by atoms with Crippen LogP contribution in [-0.4, -0.2) is 49.3 Å². The second kappa shape index (κ2) is 76.7. The lowest BCUT2D eigenvalue weighted by Crippen LogP contribution is -2.29. The van der Waals surface area contributed by atoms with Crippen LogP contribution >= 0.6 is 7.82 Å². The van der Waals surface area contributed by atoms with Crippen molar-refractivity contribution in [2.45, 2.75) is 418 Å². The molecule has 0 saturated carbocycles. The van der Waals surface area contributed by atoms with Crippen LogP contribution in [0.5, 0.6) is 0 Å². The average molecular weight is 1300 g/mol. The number of rotatable bonds is 76. The lowest BCUT2D eigenvalue weighted by molar-refractivity contribution is -0.161. The van der Waals surface area contributed by atoms with Crippen molar-refractivity contribution in [3.63, 3.8) is 0 Å². The summed E-state index contributed by atoms with van der Waals surface area (Å²) in [6.45, 7) is 3.71. The maximum absolute atomic E-state index is 12.8. The van der Waals surface area contributed by atoms with Gasteiger partial charge in [-0.15, -0.1) is 0 Å². The molecule has 0 bridgehead atoms. The molecule has 0 radical (unpaired) electrons. The van der Waals surface area contributed by atoms with Crippen LogP contribution in [0.15, 0.2) is 60.8 Å². The summed E-state index contributed by atoms with van der Waals surface area (Å²) in [5.41, 5.74) is 5.42. The summed E-state index contributed by atoms with van der Waals surface area (Å²) in [7, 11) is -4.39. The molecule has 0 aromatic heterocycles. The molecule has 2 atom stereocenters. The molecular weight excluding hydrogens is 1150 g/mol. The maximum Gasteiger partial charge on any atom is 0.472 e. The molecule has 0 saturated heterocycles. The minimum absolute atomic E-state index is 0.0557. The van der Waals surface area contributed by atoms with E-state index in [1.54, 1.807) is 0 Å². The molecule has 0 aliphatic rings. The van der Waals surface area contributed by atoms with E-state index in [4.69, 9.17) is 24.3 Å². The average Bonchev–Trinajstić information content (AvgIpc) is 3.74. The Morgan fingerprint density at radius 1 is 0.341 bits per heavy atom. The van der Waals surface area contributed by atoms with Crippen molar-refractivity contribution in [1.29, 1.82) is 0 Å². The van der Waals surface area contributed by atoms with E-state index in [2.05, 4.69) is 74.6 Å². The molecule has 0 rings (SSSR count). The molecule has 91 heavy (non-hydrogen) atoms. The molecule has 3 N–H and O–H groups in total. The first-order valence-electron chi connectivity index (χ1n) is 39.8. The van der Waals surface area contributed by atoms with Gasteiger partial charge in [0, 0.05) is 19.4 Å². The van der Waals surface area contributed by atoms with Gasteiger partial charge in [-0.3, -0.25) is 18.6 Å². The van der Waals surface area contributed by atoms with Crippen LogP contribution in [0.1, 0.15) is 412 Å². The van der Waals surface area contributed by atoms with Crippen molar-refractivity contribution in [3.8, 4) is 0 Å². The molecule has 534 valence electrons. The lowest BCUT2D eigenvalue weighted by Gasteiger charge is -2.19. The summed E-state index contributed by atoms with van der Waals surface area (Å²) in [5.74, 6) is -0.803. The van der Waals surface area contributed by atoms with Gasteiger partial charge in [0.05, 0.1) is 13.2 Å². The van der Waals surface area contributed by atoms with Gasteiger partial charge in [0.2, 0.25) is 0 Å². The van der Waals surface area contributed by atoms with Crippen LogP contribution in [0.4, 0.5) is 0 Å². The molecule has 0 heterocycles. The van der Waals surface area contributed by atoms with E-state index < -0.39 is 26.5 Å². The molecule has 0 aromatic rings. The van der Waals surface area contributed by atoms with Crippen molar-refractivity contribution in [2.75, 3.05) is 26.4 Å². The van der Waals surface area contributed by atoms with Crippen LogP contribution in [0.3, 0.4) is 0 Å². The third-order valence-electron chi connectivity index (χ3n) is 17.9. The normalized spacial score (nSPS) is 13.1. The molecule has 2 unspecified atom stereocenters. The lowest BCUT2D eigenvalue weighted by atomic mass is 10.0. The van der Waals surface area contributed by atoms with Crippen molar-refractivity contribution < 1.29 is 37.6 Å². The SMILES string of the molecule is CC/C=C\C/C=C\C/C=C\C/C=C\C/C=C\CCCCCCCCCCCCCCCCCCCCCCCC(=O)OC(COC(=O)CCCCCCCCCCCCCCCCCCCCCCCCCCCCCCCCCCC)COP(=O)(O)OCCN. The Kier molecular flexibility index (Phi) is 74.8. The largest absolute Gasteiger partial charge is 0.472 e. The highest BCUT2D eigenvalue weighted by molar-refractivity contribution is 7.47. The number of carbonyl (C=O) groups is 2. The van der Waals surface area contributed by atoms with E-state index in [1.165, 1.54) is 315 Å². The summed E-state index contributed by atoms with van der Waals surface area (Å²) in [5, 5.41) is 0. The van der Waals surface area contributed by atoms with Gasteiger partial charge >= 0.3 is 19.8 Å². The highest BCUT2D eigenvalue weighted by Crippen LogP contribution is 2.43. The van der Waals surface area contributed by atoms with E-state index in [0.717, 1.165) is 64.2 Å². The van der Waals surface area contributed by atoms with E-state index >= 15 is 0 Å². The van der Waals surface area contributed by atoms with Gasteiger partial charge < -0.3 is 20.1 Å². The van der Waals surface area contributed by atoms with Crippen molar-refractivity contribution in [2.24, 2.45) is 5.73 Å². The number of esters is 2. The second-order valence-electron chi connectivity index (χ2n) is 26.9. The Morgan fingerprint density at radius 3 is 0.901 bits per heavy atom.